The van der Waals surface area contributed by atoms with Crippen molar-refractivity contribution in [1.82, 2.24) is 0 Å². The lowest BCUT2D eigenvalue weighted by Gasteiger charge is -2.19. The summed E-state index contributed by atoms with van der Waals surface area (Å²) in [5.41, 5.74) is 2.99. The van der Waals surface area contributed by atoms with Crippen molar-refractivity contribution in [2.75, 3.05) is 0 Å². The van der Waals surface area contributed by atoms with Gasteiger partial charge in [0.1, 0.15) is 5.82 Å². The lowest BCUT2D eigenvalue weighted by molar-refractivity contribution is -0.275. The smallest absolute Gasteiger partial charge is 0.403 e. The van der Waals surface area contributed by atoms with Crippen LogP contribution in [0.3, 0.4) is 0 Å². The van der Waals surface area contributed by atoms with Gasteiger partial charge in [-0.25, -0.2) is 8.78 Å². The monoisotopic (exact) mass is 382 g/mol. The van der Waals surface area contributed by atoms with Crippen molar-refractivity contribution in [2.45, 2.75) is 45.4 Å². The Labute approximate surface area is 154 Å². The number of alkyl halides is 3. The molecule has 0 spiro atoms. The molecule has 1 aliphatic rings. The average molecular weight is 382 g/mol. The Balaban J connectivity index is 1.91. The fraction of sp³-hybridized carbons (Fsp3) is 0.333. The molecule has 0 N–H and O–H groups in total. The van der Waals surface area contributed by atoms with Crippen LogP contribution < -0.4 is 4.74 Å². The molecule has 1 nitrogen and oxygen atoms in total. The van der Waals surface area contributed by atoms with Crippen LogP contribution >= 0.6 is 0 Å². The number of ether oxygens (including phenoxy) is 1. The molecule has 0 saturated heterocycles. The van der Waals surface area contributed by atoms with Gasteiger partial charge >= 0.3 is 6.36 Å². The Bertz CT molecular complexity index is 868. The second kappa shape index (κ2) is 7.71. The zero-order chi connectivity index (χ0) is 19.6. The SMILES string of the molecule is CCCCC1=Cc2ccc(-c3ccc(OC(F)(F)F)c(F)c3)c(F)c2CC1. The van der Waals surface area contributed by atoms with E-state index in [9.17, 15) is 22.0 Å². The zero-order valence-corrected chi connectivity index (χ0v) is 14.8. The molecule has 144 valence electrons. The van der Waals surface area contributed by atoms with Gasteiger partial charge in [-0.15, -0.1) is 13.2 Å². The fourth-order valence-corrected chi connectivity index (χ4v) is 3.30. The molecule has 0 bridgehead atoms. The quantitative estimate of drug-likeness (QED) is 0.504. The van der Waals surface area contributed by atoms with Gasteiger partial charge in [-0.2, -0.15) is 0 Å². The van der Waals surface area contributed by atoms with Crippen molar-refractivity contribution in [3.8, 4) is 16.9 Å². The van der Waals surface area contributed by atoms with Crippen LogP contribution in [0.4, 0.5) is 22.0 Å². The van der Waals surface area contributed by atoms with Crippen molar-refractivity contribution in [3.63, 3.8) is 0 Å². The van der Waals surface area contributed by atoms with Gasteiger partial charge in [0.05, 0.1) is 0 Å². The third-order valence-electron chi connectivity index (χ3n) is 4.66. The fourth-order valence-electron chi connectivity index (χ4n) is 3.30. The summed E-state index contributed by atoms with van der Waals surface area (Å²) >= 11 is 0. The summed E-state index contributed by atoms with van der Waals surface area (Å²) in [6.07, 6.45) is 1.53. The minimum absolute atomic E-state index is 0.164. The normalized spacial score (nSPS) is 13.9. The van der Waals surface area contributed by atoms with Crippen molar-refractivity contribution >= 4 is 6.08 Å². The van der Waals surface area contributed by atoms with Crippen LogP contribution in [0.25, 0.3) is 17.2 Å². The minimum atomic E-state index is -4.98. The molecule has 6 heteroatoms. The first kappa shape index (κ1) is 19.4. The third kappa shape index (κ3) is 4.49. The average Bonchev–Trinajstić information content (AvgIpc) is 2.61. The van der Waals surface area contributed by atoms with E-state index in [1.807, 2.05) is 6.08 Å². The van der Waals surface area contributed by atoms with Gasteiger partial charge in [0.2, 0.25) is 0 Å². The minimum Gasteiger partial charge on any atom is -0.403 e. The number of benzene rings is 2. The van der Waals surface area contributed by atoms with Gasteiger partial charge in [-0.1, -0.05) is 43.2 Å². The van der Waals surface area contributed by atoms with E-state index in [1.165, 1.54) is 17.7 Å². The Morgan fingerprint density at radius 3 is 2.48 bits per heavy atom. The summed E-state index contributed by atoms with van der Waals surface area (Å²) in [5, 5.41) is 0. The second-order valence-corrected chi connectivity index (χ2v) is 6.59. The van der Waals surface area contributed by atoms with Crippen LogP contribution in [0.2, 0.25) is 0 Å². The van der Waals surface area contributed by atoms with Gasteiger partial charge in [-0.3, -0.25) is 0 Å². The maximum absolute atomic E-state index is 15.0. The van der Waals surface area contributed by atoms with E-state index in [4.69, 9.17) is 0 Å². The highest BCUT2D eigenvalue weighted by atomic mass is 19.4. The Morgan fingerprint density at radius 1 is 1.04 bits per heavy atom. The molecule has 0 heterocycles. The lowest BCUT2D eigenvalue weighted by atomic mass is 9.87. The number of rotatable bonds is 5. The summed E-state index contributed by atoms with van der Waals surface area (Å²) in [7, 11) is 0. The van der Waals surface area contributed by atoms with E-state index in [0.717, 1.165) is 43.4 Å². The van der Waals surface area contributed by atoms with Crippen LogP contribution in [0.1, 0.15) is 43.7 Å². The number of fused-ring (bicyclic) bond motifs is 1. The van der Waals surface area contributed by atoms with Crippen LogP contribution in [0.15, 0.2) is 35.9 Å². The Hall–Kier alpha value is -2.37. The number of allylic oxidation sites excluding steroid dienone is 1. The van der Waals surface area contributed by atoms with Gasteiger partial charge in [0.25, 0.3) is 0 Å². The van der Waals surface area contributed by atoms with E-state index in [1.54, 1.807) is 6.07 Å². The highest BCUT2D eigenvalue weighted by molar-refractivity contribution is 5.71. The summed E-state index contributed by atoms with van der Waals surface area (Å²) in [5.74, 6) is -2.58. The molecule has 0 fully saturated rings. The molecular weight excluding hydrogens is 363 g/mol. The number of unbranched alkanes of at least 4 members (excludes halogenated alkanes) is 1. The van der Waals surface area contributed by atoms with Crippen molar-refractivity contribution < 1.29 is 26.7 Å². The van der Waals surface area contributed by atoms with Crippen LogP contribution in [0, 0.1) is 11.6 Å². The molecule has 0 atom stereocenters. The largest absolute Gasteiger partial charge is 0.573 e. The van der Waals surface area contributed by atoms with Gasteiger partial charge in [0, 0.05) is 5.56 Å². The Kier molecular flexibility index (Phi) is 5.53. The van der Waals surface area contributed by atoms with Gasteiger partial charge in [-0.05, 0) is 54.5 Å². The first-order valence-corrected chi connectivity index (χ1v) is 8.85. The van der Waals surface area contributed by atoms with Crippen molar-refractivity contribution in [3.05, 3.63) is 58.7 Å². The summed E-state index contributed by atoms with van der Waals surface area (Å²) in [4.78, 5) is 0. The molecule has 2 aromatic rings. The van der Waals surface area contributed by atoms with E-state index in [0.29, 0.717) is 12.0 Å². The molecule has 0 aromatic heterocycles. The summed E-state index contributed by atoms with van der Waals surface area (Å²) in [6.45, 7) is 2.12. The molecule has 27 heavy (non-hydrogen) atoms. The molecule has 3 rings (SSSR count). The standard InChI is InChI=1S/C21H19F5O/c1-2-3-4-13-5-8-16-14(11-13)6-9-17(20(16)23)15-7-10-19(18(22)12-15)27-21(24,25)26/h6-7,9-12H,2-5,8H2,1H3. The first-order chi connectivity index (χ1) is 12.8. The Morgan fingerprint density at radius 2 is 1.81 bits per heavy atom. The van der Waals surface area contributed by atoms with E-state index in [-0.39, 0.29) is 11.1 Å². The molecule has 0 unspecified atom stereocenters. The highest BCUT2D eigenvalue weighted by Gasteiger charge is 2.32. The van der Waals surface area contributed by atoms with Crippen LogP contribution in [-0.2, 0) is 6.42 Å². The lowest BCUT2D eigenvalue weighted by Crippen LogP contribution is -2.17. The van der Waals surface area contributed by atoms with Crippen molar-refractivity contribution in [1.29, 1.82) is 0 Å². The summed E-state index contributed by atoms with van der Waals surface area (Å²) in [6, 6.07) is 6.25. The van der Waals surface area contributed by atoms with Crippen LogP contribution in [-0.4, -0.2) is 6.36 Å². The molecule has 1 aliphatic carbocycles. The molecular formula is C21H19F5O. The topological polar surface area (TPSA) is 9.23 Å². The van der Waals surface area contributed by atoms with E-state index >= 15 is 0 Å². The predicted octanol–water partition coefficient (Wildman–Crippen LogP) is 7.05. The van der Waals surface area contributed by atoms with Gasteiger partial charge < -0.3 is 4.74 Å². The molecule has 0 radical (unpaired) electrons. The molecule has 2 aromatic carbocycles. The molecule has 0 saturated carbocycles. The number of halogens is 5. The van der Waals surface area contributed by atoms with E-state index < -0.39 is 23.7 Å². The summed E-state index contributed by atoms with van der Waals surface area (Å²) < 4.78 is 69.3. The van der Waals surface area contributed by atoms with Gasteiger partial charge in [0.15, 0.2) is 11.6 Å². The second-order valence-electron chi connectivity index (χ2n) is 6.59. The molecule has 0 aliphatic heterocycles. The third-order valence-corrected chi connectivity index (χ3v) is 4.66. The maximum Gasteiger partial charge on any atom is 0.573 e. The molecule has 0 amide bonds. The maximum atomic E-state index is 15.0. The van der Waals surface area contributed by atoms with E-state index in [2.05, 4.69) is 11.7 Å². The number of hydrogen-bond acceptors (Lipinski definition) is 1. The predicted molar refractivity (Wildman–Crippen MR) is 94.3 cm³/mol. The number of hydrogen-bond donors (Lipinski definition) is 0. The van der Waals surface area contributed by atoms with Crippen molar-refractivity contribution in [2.24, 2.45) is 0 Å². The van der Waals surface area contributed by atoms with Crippen LogP contribution in [0.5, 0.6) is 5.75 Å². The first-order valence-electron chi connectivity index (χ1n) is 8.85. The zero-order valence-electron chi connectivity index (χ0n) is 14.8. The highest BCUT2D eigenvalue weighted by Crippen LogP contribution is 2.35.